The molecular weight excluding hydrogens is 2090 g/mol. The van der Waals surface area contributed by atoms with Gasteiger partial charge in [0.2, 0.25) is 0 Å². The number of ketones is 1. The van der Waals surface area contributed by atoms with Gasteiger partial charge in [-0.05, 0) is 214 Å². The van der Waals surface area contributed by atoms with Crippen LogP contribution in [-0.4, -0.2) is 248 Å². The second kappa shape index (κ2) is 49.8. The summed E-state index contributed by atoms with van der Waals surface area (Å²) in [5.74, 6) is -1.02. The largest absolute Gasteiger partial charge is 0.534 e. The van der Waals surface area contributed by atoms with Crippen LogP contribution in [0, 0.1) is 20.2 Å². The number of sulfonamides is 2. The Kier molecular flexibility index (Phi) is 41.4. The minimum atomic E-state index is -6.93. The van der Waals surface area contributed by atoms with Crippen LogP contribution in [0.1, 0.15) is 165 Å². The highest BCUT2D eigenvalue weighted by Gasteiger charge is 2.65. The average molecular weight is 2210 g/mol. The van der Waals surface area contributed by atoms with Gasteiger partial charge in [0, 0.05) is 137 Å². The van der Waals surface area contributed by atoms with Gasteiger partial charge in [0.25, 0.3) is 11.4 Å². The number of alkyl halides is 9. The van der Waals surface area contributed by atoms with Crippen LogP contribution in [0.3, 0.4) is 0 Å². The van der Waals surface area contributed by atoms with E-state index >= 15 is 0 Å². The maximum absolute atomic E-state index is 12.5. The predicted molar refractivity (Wildman–Crippen MR) is 535 cm³/mol. The van der Waals surface area contributed by atoms with E-state index in [4.69, 9.17) is 84.5 Å². The summed E-state index contributed by atoms with van der Waals surface area (Å²) in [6.07, 6.45) is 13.8. The normalized spacial score (nSPS) is 19.0. The maximum atomic E-state index is 12.5. The van der Waals surface area contributed by atoms with Gasteiger partial charge in [0.05, 0.1) is 154 Å². The second-order valence-corrected chi connectivity index (χ2v) is 42.9. The summed E-state index contributed by atoms with van der Waals surface area (Å²) in [6.45, 7) is 31.8. The summed E-state index contributed by atoms with van der Waals surface area (Å²) < 4.78 is 253. The Balaban J connectivity index is 0.000000201. The smallest absolute Gasteiger partial charge is 0.405 e. The number of nitrogens with zero attached hydrogens (tertiary/aromatic N) is 12. The minimum absolute atomic E-state index is 0. The van der Waals surface area contributed by atoms with Crippen molar-refractivity contribution in [2.24, 2.45) is 28.2 Å². The first kappa shape index (κ1) is 121. The van der Waals surface area contributed by atoms with Crippen molar-refractivity contribution < 1.29 is 145 Å². The predicted octanol–water partition coefficient (Wildman–Crippen LogP) is 16.8. The number of carbonyl (C=O) groups is 1. The number of hydrogen-bond acceptors (Lipinski definition) is 32. The summed E-state index contributed by atoms with van der Waals surface area (Å²) in [5.41, 5.74) is 4.18. The molecule has 0 spiro atoms. The van der Waals surface area contributed by atoms with Crippen molar-refractivity contribution in [1.82, 2.24) is 44.1 Å². The van der Waals surface area contributed by atoms with Crippen molar-refractivity contribution in [3.63, 3.8) is 0 Å². The molecular formula is C90H120B3BrClF9N14O25S3. The molecule has 0 unspecified atom stereocenters. The van der Waals surface area contributed by atoms with Gasteiger partial charge in [-0.15, -0.1) is 3.71 Å². The molecule has 0 saturated carbocycles. The SMILES string of the molecule is C.CC1(C)OB(B2OC(C)(C)C(C)(C)O2)OC1(C)C.CC1(C)OB(C2=CCOCC2)OC1(C)C.CO.Cn1nc(Br)c2cc([N+](=O)[O-])ccc21.Cn1nc(C2=CCOCC2)c2cc(N)ccc21.Cn1nc(C2=CCOCC2)c2cc([N+](=O)[O-])ccc21.Cn1nc(C2CCOCC2)c2cc(N)ccc21.O=C1CCOCC1.O=S(=O)(N(c1ccc(Cl)cn1)S(=O)(=O)C(F)(F)F)C(F)(F)F.O=S(=O)(OC1=CCOCC1)C(F)(F)F. The number of pyridine rings is 1. The molecule has 5 fully saturated rings. The summed E-state index contributed by atoms with van der Waals surface area (Å²) in [6, 6.07) is 22.4. The van der Waals surface area contributed by atoms with Gasteiger partial charge >= 0.3 is 67.8 Å². The van der Waals surface area contributed by atoms with Crippen LogP contribution < -0.4 is 15.2 Å². The van der Waals surface area contributed by atoms with Crippen LogP contribution in [0.5, 0.6) is 0 Å². The number of nitrogen functional groups attached to an aromatic ring is 2. The van der Waals surface area contributed by atoms with Gasteiger partial charge in [-0.1, -0.05) is 37.3 Å². The average Bonchev–Trinajstić information content (AvgIpc) is 0.900. The Bertz CT molecular complexity index is 6430. The monoisotopic (exact) mass is 2210 g/mol. The van der Waals surface area contributed by atoms with E-state index < -0.39 is 75.2 Å². The summed E-state index contributed by atoms with van der Waals surface area (Å²) in [7, 11) is -11.9. The van der Waals surface area contributed by atoms with E-state index in [-0.39, 0.29) is 101 Å². The molecule has 146 heavy (non-hydrogen) atoms. The topological polar surface area (TPSA) is 485 Å². The van der Waals surface area contributed by atoms with E-state index in [0.717, 1.165) is 138 Å². The van der Waals surface area contributed by atoms with E-state index in [9.17, 15) is 89.8 Å². The molecule has 5 N–H and O–H groups in total. The van der Waals surface area contributed by atoms with Gasteiger partial charge in [-0.2, -0.15) is 85.2 Å². The van der Waals surface area contributed by atoms with Crippen molar-refractivity contribution in [2.45, 2.75) is 198 Å². The lowest BCUT2D eigenvalue weighted by molar-refractivity contribution is -0.384. The molecule has 0 amide bonds. The molecule has 5 saturated heterocycles. The van der Waals surface area contributed by atoms with Gasteiger partial charge in [-0.3, -0.25) is 43.8 Å². The van der Waals surface area contributed by atoms with E-state index in [2.05, 4.69) is 85.3 Å². The van der Waals surface area contributed by atoms with Crippen LogP contribution in [0.4, 0.5) is 68.1 Å². The Labute approximate surface area is 853 Å². The summed E-state index contributed by atoms with van der Waals surface area (Å²) in [4.78, 5) is 33.9. The number of aromatic nitrogens is 9. The molecule has 14 heterocycles. The fourth-order valence-corrected chi connectivity index (χ4v) is 18.5. The molecule has 0 bridgehead atoms. The fourth-order valence-electron chi connectivity index (χ4n) is 14.7. The number of Topliss-reactive ketones (excluding diaryl/α,β-unsaturated/α-hetero) is 1. The number of rotatable bonds is 12. The van der Waals surface area contributed by atoms with Crippen LogP contribution in [0.2, 0.25) is 5.02 Å². The third kappa shape index (κ3) is 30.1. The lowest BCUT2D eigenvalue weighted by Gasteiger charge is -2.32. The quantitative estimate of drug-likeness (QED) is 0.0194. The summed E-state index contributed by atoms with van der Waals surface area (Å²) >= 11 is 8.55. The van der Waals surface area contributed by atoms with Gasteiger partial charge in [0.1, 0.15) is 16.1 Å². The number of benzene rings is 4. The number of nitrogens with two attached hydrogens (primary N) is 2. The number of non-ortho nitro benzene ring substituents is 2. The van der Waals surface area contributed by atoms with Gasteiger partial charge < -0.3 is 77.1 Å². The molecule has 9 aliphatic heterocycles. The lowest BCUT2D eigenvalue weighted by Crippen LogP contribution is -2.49. The van der Waals surface area contributed by atoms with E-state index in [1.165, 1.54) is 40.3 Å². The molecule has 56 heteroatoms. The van der Waals surface area contributed by atoms with Crippen LogP contribution in [0.25, 0.3) is 54.8 Å². The first-order valence-corrected chi connectivity index (χ1v) is 50.5. The zero-order valence-electron chi connectivity index (χ0n) is 82.6. The molecule has 5 aromatic heterocycles. The molecule has 9 aromatic rings. The Morgan fingerprint density at radius 1 is 0.479 bits per heavy atom. The van der Waals surface area contributed by atoms with Crippen molar-refractivity contribution in [2.75, 3.05) is 102 Å². The van der Waals surface area contributed by atoms with Crippen LogP contribution in [0.15, 0.2) is 131 Å². The Morgan fingerprint density at radius 2 is 0.849 bits per heavy atom. The highest BCUT2D eigenvalue weighted by Crippen LogP contribution is 2.46. The lowest BCUT2D eigenvalue weighted by atomic mass is 9.49. The van der Waals surface area contributed by atoms with Crippen molar-refractivity contribution >= 4 is 168 Å². The maximum Gasteiger partial charge on any atom is 0.534 e. The van der Waals surface area contributed by atoms with Gasteiger partial charge in [0.15, 0.2) is 5.82 Å². The van der Waals surface area contributed by atoms with E-state index in [0.29, 0.717) is 81.1 Å². The van der Waals surface area contributed by atoms with Crippen LogP contribution >= 0.6 is 27.5 Å². The molecule has 0 atom stereocenters. The number of hydrogen-bond donors (Lipinski definition) is 3. The van der Waals surface area contributed by atoms with Gasteiger partial charge in [-0.25, -0.2) is 4.98 Å². The summed E-state index contributed by atoms with van der Waals surface area (Å²) in [5, 5.41) is 49.9. The molecule has 39 nitrogen and oxygen atoms in total. The van der Waals surface area contributed by atoms with E-state index in [1.807, 2.05) is 128 Å². The molecule has 9 aliphatic rings. The zero-order valence-corrected chi connectivity index (χ0v) is 87.4. The number of nitro benzene ring substituents is 2. The number of aryl methyl sites for hydroxylation is 4. The fraction of sp³-hybridized carbons (Fsp3) is 0.533. The zero-order chi connectivity index (χ0) is 108. The second-order valence-electron chi connectivity index (χ2n) is 36.3. The Morgan fingerprint density at radius 3 is 1.23 bits per heavy atom. The molecule has 4 aromatic carbocycles. The van der Waals surface area contributed by atoms with E-state index in [1.54, 1.807) is 34.6 Å². The number of carbonyl (C=O) groups excluding carboxylic acids is 1. The number of nitro groups is 2. The number of ether oxygens (including phenoxy) is 6. The first-order valence-electron chi connectivity index (χ1n) is 45.1. The molecule has 0 aliphatic carbocycles. The minimum Gasteiger partial charge on any atom is -0.405 e. The standard InChI is InChI=1S/C13H13N3O3.C13H17N3O.C13H15N3O.C12H24B2O4.C11H19BO3.C8H6BrN3O2.C7H3ClF6N2O4S2.C6H7F3O4S.C5H8O2.CH4O.CH4/c1-15-12-3-2-10(16(17)18)8-11(12)13(14-15)9-4-6-19-7-5-9;2*1-16-12-3-2-10(14)8-11(12)13(15-16)9-4-6-17-7-5-9;1-9(2)10(3,4)16-13(15-9)14-17-11(5,6)12(7,8)18-14;1-10(2)11(3,4)15-12(14-10)9-5-7-13-8-6-9;1-11-7-3-2-5(12(13)14)4-6(7)8(9)10-11;8-4-1-2-5(15-3-4)16(21(17,18)6(9,10)11)22(19,20)7(12,13)14;7-6(8,9)14(10,11)13-5-1-3-12-4-2-5;6-5-1-3-7-4-2-5;1-2;/h2-4,8H,5-7H2,1H3;2-3,8-9H,4-7,14H2,1H3;2-4,8H,5-7,14H2,1H3;1-8H3;5H,6-8H2,1-4H3;2-4H,1H3;1-3H;1H,2-4H2;1-4H2;2H,1H3;1H4. The first-order chi connectivity index (χ1) is 67.4. The highest BCUT2D eigenvalue weighted by atomic mass is 79.9. The number of halogens is 11. The highest BCUT2D eigenvalue weighted by molar-refractivity contribution is 9.10. The number of aliphatic hydroxyl groups is 1. The van der Waals surface area contributed by atoms with Crippen molar-refractivity contribution in [3.8, 4) is 0 Å². The van der Waals surface area contributed by atoms with Crippen LogP contribution in [-0.2, 0) is 124 Å². The third-order valence-corrected chi connectivity index (χ3v) is 30.1. The number of anilines is 3. The van der Waals surface area contributed by atoms with Crippen molar-refractivity contribution in [3.05, 3.63) is 174 Å². The molecule has 0 radical (unpaired) electrons. The van der Waals surface area contributed by atoms with Crippen molar-refractivity contribution in [1.29, 1.82) is 0 Å². The third-order valence-electron chi connectivity index (χ3n) is 24.7. The Hall–Kier alpha value is -9.80. The molecule has 18 rings (SSSR count). The number of fused-ring (bicyclic) bond motifs is 4. The molecule has 804 valence electrons. The number of aliphatic hydroxyl groups excluding tert-OH is 1.